The molecular formula is C12H16ClFN2O. The van der Waals surface area contributed by atoms with Crippen molar-refractivity contribution in [1.82, 2.24) is 10.2 Å². The Morgan fingerprint density at radius 1 is 1.41 bits per heavy atom. The monoisotopic (exact) mass is 258 g/mol. The third kappa shape index (κ3) is 2.89. The fourth-order valence-corrected chi connectivity index (χ4v) is 2.34. The maximum atomic E-state index is 13.2. The first kappa shape index (κ1) is 12.6. The Labute approximate surface area is 105 Å². The lowest BCUT2D eigenvalue weighted by atomic mass is 10.0. The normalized spacial score (nSPS) is 19.2. The molecule has 1 fully saturated rings. The molecule has 94 valence electrons. The predicted octanol–water partition coefficient (Wildman–Crippen LogP) is 1.96. The summed E-state index contributed by atoms with van der Waals surface area (Å²) in [6, 6.07) is 4.36. The van der Waals surface area contributed by atoms with E-state index in [1.54, 1.807) is 12.1 Å². The second kappa shape index (κ2) is 5.67. The van der Waals surface area contributed by atoms with Crippen molar-refractivity contribution in [2.75, 3.05) is 32.9 Å². The smallest absolute Gasteiger partial charge is 0.120 e. The summed E-state index contributed by atoms with van der Waals surface area (Å²) in [4.78, 5) is 2.03. The van der Waals surface area contributed by atoms with Crippen LogP contribution in [0.2, 0.25) is 5.02 Å². The summed E-state index contributed by atoms with van der Waals surface area (Å²) >= 11 is 5.89. The number of rotatable bonds is 3. The fraction of sp³-hybridized carbons (Fsp3) is 0.500. The number of phenolic OH excluding ortho intramolecular Hbond substituents is 1. The van der Waals surface area contributed by atoms with Crippen LogP contribution in [0.25, 0.3) is 0 Å². The molecule has 3 nitrogen and oxygen atoms in total. The Morgan fingerprint density at radius 3 is 2.76 bits per heavy atom. The van der Waals surface area contributed by atoms with E-state index in [4.69, 9.17) is 11.6 Å². The summed E-state index contributed by atoms with van der Waals surface area (Å²) in [5.41, 5.74) is 0.571. The van der Waals surface area contributed by atoms with Crippen LogP contribution in [0.5, 0.6) is 5.75 Å². The Hall–Kier alpha value is -0.840. The van der Waals surface area contributed by atoms with Gasteiger partial charge in [0.25, 0.3) is 0 Å². The highest BCUT2D eigenvalue weighted by Gasteiger charge is 2.24. The Balaban J connectivity index is 2.24. The molecule has 2 rings (SSSR count). The molecule has 1 aliphatic rings. The molecule has 0 aromatic heterocycles. The average molecular weight is 259 g/mol. The molecule has 1 heterocycles. The minimum Gasteiger partial charge on any atom is -0.508 e. The van der Waals surface area contributed by atoms with Gasteiger partial charge in [-0.15, -0.1) is 0 Å². The molecule has 2 N–H and O–H groups in total. The van der Waals surface area contributed by atoms with Gasteiger partial charge in [0.1, 0.15) is 12.4 Å². The highest BCUT2D eigenvalue weighted by Crippen LogP contribution is 2.31. The summed E-state index contributed by atoms with van der Waals surface area (Å²) in [7, 11) is 0. The zero-order valence-corrected chi connectivity index (χ0v) is 10.3. The van der Waals surface area contributed by atoms with Crippen LogP contribution in [0, 0.1) is 0 Å². The van der Waals surface area contributed by atoms with Gasteiger partial charge in [-0.3, -0.25) is 4.90 Å². The van der Waals surface area contributed by atoms with Crippen LogP contribution < -0.4 is 5.32 Å². The number of phenols is 1. The van der Waals surface area contributed by atoms with Gasteiger partial charge in [0.2, 0.25) is 0 Å². The van der Waals surface area contributed by atoms with Gasteiger partial charge in [-0.25, -0.2) is 4.39 Å². The van der Waals surface area contributed by atoms with Crippen molar-refractivity contribution in [3.8, 4) is 5.75 Å². The maximum Gasteiger partial charge on any atom is 0.120 e. The van der Waals surface area contributed by atoms with Crippen LogP contribution >= 0.6 is 11.6 Å². The molecule has 1 aromatic carbocycles. The van der Waals surface area contributed by atoms with Crippen molar-refractivity contribution in [2.45, 2.75) is 6.04 Å². The summed E-state index contributed by atoms with van der Waals surface area (Å²) in [5, 5.41) is 13.5. The first-order chi connectivity index (χ1) is 8.22. The van der Waals surface area contributed by atoms with E-state index in [2.05, 4.69) is 5.32 Å². The van der Waals surface area contributed by atoms with Crippen molar-refractivity contribution in [2.24, 2.45) is 0 Å². The standard InChI is InChI=1S/C12H16ClFN2O/c13-9-1-2-12(17)10(7-9)11(8-14)16-5-3-15-4-6-16/h1-2,7,11,15,17H,3-6,8H2/t11-/m1/s1. The summed E-state index contributed by atoms with van der Waals surface area (Å²) in [6.45, 7) is 2.73. The lowest BCUT2D eigenvalue weighted by molar-refractivity contribution is 0.145. The molecule has 0 aliphatic carbocycles. The van der Waals surface area contributed by atoms with Crippen LogP contribution in [-0.4, -0.2) is 42.9 Å². The molecule has 0 radical (unpaired) electrons. The lowest BCUT2D eigenvalue weighted by Crippen LogP contribution is -2.45. The highest BCUT2D eigenvalue weighted by atomic mass is 35.5. The van der Waals surface area contributed by atoms with Gasteiger partial charge in [-0.05, 0) is 18.2 Å². The molecule has 5 heteroatoms. The van der Waals surface area contributed by atoms with Crippen molar-refractivity contribution in [1.29, 1.82) is 0 Å². The van der Waals surface area contributed by atoms with Crippen LogP contribution in [-0.2, 0) is 0 Å². The molecule has 0 saturated carbocycles. The number of aromatic hydroxyl groups is 1. The van der Waals surface area contributed by atoms with E-state index >= 15 is 0 Å². The SMILES string of the molecule is Oc1ccc(Cl)cc1[C@@H](CF)N1CCNCC1. The average Bonchev–Trinajstić information content (AvgIpc) is 2.36. The predicted molar refractivity (Wildman–Crippen MR) is 66.3 cm³/mol. The molecular weight excluding hydrogens is 243 g/mol. The van der Waals surface area contributed by atoms with Gasteiger partial charge in [-0.1, -0.05) is 11.6 Å². The molecule has 1 saturated heterocycles. The number of nitrogens with zero attached hydrogens (tertiary/aromatic N) is 1. The van der Waals surface area contributed by atoms with E-state index in [9.17, 15) is 9.50 Å². The van der Waals surface area contributed by atoms with Gasteiger partial charge < -0.3 is 10.4 Å². The van der Waals surface area contributed by atoms with E-state index in [-0.39, 0.29) is 5.75 Å². The number of hydrogen-bond donors (Lipinski definition) is 2. The quantitative estimate of drug-likeness (QED) is 0.870. The third-order valence-corrected chi connectivity index (χ3v) is 3.32. The summed E-state index contributed by atoms with van der Waals surface area (Å²) < 4.78 is 13.2. The van der Waals surface area contributed by atoms with Gasteiger partial charge in [0.15, 0.2) is 0 Å². The number of piperazine rings is 1. The molecule has 1 aliphatic heterocycles. The van der Waals surface area contributed by atoms with E-state index in [0.717, 1.165) is 26.2 Å². The van der Waals surface area contributed by atoms with Crippen molar-refractivity contribution in [3.63, 3.8) is 0 Å². The second-order valence-corrected chi connectivity index (χ2v) is 4.60. The van der Waals surface area contributed by atoms with Crippen LogP contribution in [0.3, 0.4) is 0 Å². The minimum atomic E-state index is -0.520. The number of nitrogens with one attached hydrogen (secondary N) is 1. The van der Waals surface area contributed by atoms with Crippen molar-refractivity contribution in [3.05, 3.63) is 28.8 Å². The number of alkyl halides is 1. The van der Waals surface area contributed by atoms with E-state index < -0.39 is 12.7 Å². The van der Waals surface area contributed by atoms with Crippen molar-refractivity contribution >= 4 is 11.6 Å². The Bertz CT molecular complexity index is 383. The third-order valence-electron chi connectivity index (χ3n) is 3.09. The molecule has 0 unspecified atom stereocenters. The van der Waals surface area contributed by atoms with Crippen LogP contribution in [0.15, 0.2) is 18.2 Å². The topological polar surface area (TPSA) is 35.5 Å². The number of benzene rings is 1. The summed E-state index contributed by atoms with van der Waals surface area (Å²) in [5.74, 6) is 0.107. The highest BCUT2D eigenvalue weighted by molar-refractivity contribution is 6.30. The lowest BCUT2D eigenvalue weighted by Gasteiger charge is -2.33. The van der Waals surface area contributed by atoms with Gasteiger partial charge >= 0.3 is 0 Å². The molecule has 0 amide bonds. The van der Waals surface area contributed by atoms with Gasteiger partial charge in [-0.2, -0.15) is 0 Å². The Kier molecular flexibility index (Phi) is 4.20. The molecule has 1 aromatic rings. The molecule has 0 bridgehead atoms. The van der Waals surface area contributed by atoms with E-state index in [1.165, 1.54) is 6.07 Å². The minimum absolute atomic E-state index is 0.107. The van der Waals surface area contributed by atoms with Crippen LogP contribution in [0.1, 0.15) is 11.6 Å². The molecule has 17 heavy (non-hydrogen) atoms. The summed E-state index contributed by atoms with van der Waals surface area (Å²) in [6.07, 6.45) is 0. The number of hydrogen-bond acceptors (Lipinski definition) is 3. The Morgan fingerprint density at radius 2 is 2.12 bits per heavy atom. The number of halogens is 2. The van der Waals surface area contributed by atoms with Crippen LogP contribution in [0.4, 0.5) is 4.39 Å². The largest absolute Gasteiger partial charge is 0.508 e. The van der Waals surface area contributed by atoms with Gasteiger partial charge in [0.05, 0.1) is 6.04 Å². The van der Waals surface area contributed by atoms with E-state index in [0.29, 0.717) is 10.6 Å². The van der Waals surface area contributed by atoms with E-state index in [1.807, 2.05) is 4.90 Å². The first-order valence-electron chi connectivity index (χ1n) is 5.71. The van der Waals surface area contributed by atoms with Crippen molar-refractivity contribution < 1.29 is 9.50 Å². The zero-order valence-electron chi connectivity index (χ0n) is 9.50. The first-order valence-corrected chi connectivity index (χ1v) is 6.09. The maximum absolute atomic E-state index is 13.2. The molecule has 0 spiro atoms. The second-order valence-electron chi connectivity index (χ2n) is 4.16. The zero-order chi connectivity index (χ0) is 12.3. The molecule has 1 atom stereocenters. The van der Waals surface area contributed by atoms with Gasteiger partial charge in [0, 0.05) is 36.8 Å². The fourth-order valence-electron chi connectivity index (χ4n) is 2.16.